The Balaban J connectivity index is 3.19. The molecule has 0 N–H and O–H groups in total. The lowest BCUT2D eigenvalue weighted by molar-refractivity contribution is -0.384. The topological polar surface area (TPSA) is 43.1 Å². The first kappa shape index (κ1) is 7.72. The summed E-state index contributed by atoms with van der Waals surface area (Å²) in [6.45, 7) is 5.43. The van der Waals surface area contributed by atoms with E-state index in [0.717, 1.165) is 5.56 Å². The maximum absolute atomic E-state index is 10.3. The molecule has 0 bridgehead atoms. The van der Waals surface area contributed by atoms with Crippen molar-refractivity contribution in [1.82, 2.24) is 0 Å². The number of nitro groups is 1. The molecule has 3 nitrogen and oxygen atoms in total. The van der Waals surface area contributed by atoms with Crippen LogP contribution >= 0.6 is 0 Å². The lowest BCUT2D eigenvalue weighted by atomic mass is 10.1. The fourth-order valence-electron chi connectivity index (χ4n) is 0.946. The molecule has 0 aliphatic rings. The van der Waals surface area contributed by atoms with Gasteiger partial charge < -0.3 is 0 Å². The Morgan fingerprint density at radius 2 is 2.09 bits per heavy atom. The Labute approximate surface area is 64.8 Å². The van der Waals surface area contributed by atoms with Gasteiger partial charge in [0.25, 0.3) is 5.69 Å². The molecule has 0 heterocycles. The van der Waals surface area contributed by atoms with Crippen molar-refractivity contribution in [2.24, 2.45) is 0 Å². The number of aryl methyl sites for hydroxylation is 1. The van der Waals surface area contributed by atoms with Crippen molar-refractivity contribution in [2.75, 3.05) is 0 Å². The van der Waals surface area contributed by atoms with Crippen molar-refractivity contribution in [3.8, 4) is 0 Å². The predicted octanol–water partition coefficient (Wildman–Crippen LogP) is 2.09. The van der Waals surface area contributed by atoms with E-state index in [4.69, 9.17) is 0 Å². The van der Waals surface area contributed by atoms with Gasteiger partial charge in [-0.3, -0.25) is 10.1 Å². The Hall–Kier alpha value is -1.38. The second-order valence-electron chi connectivity index (χ2n) is 2.43. The van der Waals surface area contributed by atoms with E-state index in [-0.39, 0.29) is 5.69 Å². The second kappa shape index (κ2) is 2.70. The van der Waals surface area contributed by atoms with Crippen LogP contribution in [-0.4, -0.2) is 4.92 Å². The molecule has 0 saturated carbocycles. The maximum atomic E-state index is 10.3. The first-order valence-corrected chi connectivity index (χ1v) is 3.17. The van der Waals surface area contributed by atoms with Crippen molar-refractivity contribution < 1.29 is 4.92 Å². The molecule has 11 heavy (non-hydrogen) atoms. The monoisotopic (exact) mass is 150 g/mol. The van der Waals surface area contributed by atoms with E-state index in [9.17, 15) is 10.1 Å². The van der Waals surface area contributed by atoms with Crippen LogP contribution in [0.1, 0.15) is 11.1 Å². The highest BCUT2D eigenvalue weighted by Crippen LogP contribution is 2.15. The summed E-state index contributed by atoms with van der Waals surface area (Å²) in [6, 6.07) is 4.77. The lowest BCUT2D eigenvalue weighted by Crippen LogP contribution is -1.89. The third-order valence-corrected chi connectivity index (χ3v) is 1.33. The molecule has 0 aliphatic carbocycles. The number of hydrogen-bond acceptors (Lipinski definition) is 2. The number of non-ortho nitro benzene ring substituents is 1. The average molecular weight is 150 g/mol. The molecule has 0 spiro atoms. The Bertz CT molecular complexity index is 274. The minimum atomic E-state index is -0.415. The third-order valence-electron chi connectivity index (χ3n) is 1.33. The summed E-state index contributed by atoms with van der Waals surface area (Å²) >= 11 is 0. The van der Waals surface area contributed by atoms with E-state index in [1.165, 1.54) is 12.1 Å². The fourth-order valence-corrected chi connectivity index (χ4v) is 0.946. The van der Waals surface area contributed by atoms with Gasteiger partial charge in [0, 0.05) is 12.1 Å². The molecular weight excluding hydrogens is 142 g/mol. The molecule has 1 rings (SSSR count). The number of benzene rings is 1. The molecule has 1 aromatic rings. The van der Waals surface area contributed by atoms with Gasteiger partial charge in [-0.15, -0.1) is 0 Å². The van der Waals surface area contributed by atoms with Crippen molar-refractivity contribution in [2.45, 2.75) is 6.92 Å². The van der Waals surface area contributed by atoms with Crippen LogP contribution in [0.4, 0.5) is 5.69 Å². The number of hydrogen-bond donors (Lipinski definition) is 0. The quantitative estimate of drug-likeness (QED) is 0.454. The summed E-state index contributed by atoms with van der Waals surface area (Å²) in [5, 5.41) is 10.3. The normalized spacial score (nSPS) is 9.64. The van der Waals surface area contributed by atoms with E-state index in [2.05, 4.69) is 6.92 Å². The molecule has 0 fully saturated rings. The number of nitrogens with zero attached hydrogens (tertiary/aromatic N) is 1. The van der Waals surface area contributed by atoms with Gasteiger partial charge >= 0.3 is 0 Å². The van der Waals surface area contributed by atoms with Crippen LogP contribution in [0.25, 0.3) is 0 Å². The van der Waals surface area contributed by atoms with Gasteiger partial charge in [0.05, 0.1) is 4.92 Å². The van der Waals surface area contributed by atoms with E-state index < -0.39 is 4.92 Å². The van der Waals surface area contributed by atoms with Crippen LogP contribution in [0.15, 0.2) is 18.2 Å². The minimum absolute atomic E-state index is 0.106. The highest BCUT2D eigenvalue weighted by molar-refractivity contribution is 5.39. The summed E-state index contributed by atoms with van der Waals surface area (Å²) in [5.74, 6) is 0. The molecule has 1 radical (unpaired) electrons. The van der Waals surface area contributed by atoms with Gasteiger partial charge in [-0.05, 0) is 25.0 Å². The fraction of sp³-hybridized carbons (Fsp3) is 0.125. The molecule has 57 valence electrons. The first-order chi connectivity index (χ1) is 5.09. The Morgan fingerprint density at radius 1 is 1.45 bits per heavy atom. The van der Waals surface area contributed by atoms with Crippen LogP contribution in [-0.2, 0) is 0 Å². The summed E-state index contributed by atoms with van der Waals surface area (Å²) in [6.07, 6.45) is 0. The van der Waals surface area contributed by atoms with Crippen molar-refractivity contribution in [1.29, 1.82) is 0 Å². The SMILES string of the molecule is [CH2]c1cc(C)cc([N+](=O)[O-])c1. The largest absolute Gasteiger partial charge is 0.269 e. The van der Waals surface area contributed by atoms with Crippen LogP contribution in [0.3, 0.4) is 0 Å². The second-order valence-corrected chi connectivity index (χ2v) is 2.43. The molecule has 3 heteroatoms. The Kier molecular flexibility index (Phi) is 1.89. The van der Waals surface area contributed by atoms with E-state index >= 15 is 0 Å². The van der Waals surface area contributed by atoms with Crippen LogP contribution in [0.2, 0.25) is 0 Å². The van der Waals surface area contributed by atoms with Crippen molar-refractivity contribution in [3.05, 3.63) is 46.4 Å². The first-order valence-electron chi connectivity index (χ1n) is 3.17. The number of nitro benzene ring substituents is 1. The highest BCUT2D eigenvalue weighted by atomic mass is 16.6. The van der Waals surface area contributed by atoms with Gasteiger partial charge in [0.1, 0.15) is 0 Å². The summed E-state index contributed by atoms with van der Waals surface area (Å²) < 4.78 is 0. The maximum Gasteiger partial charge on any atom is 0.269 e. The summed E-state index contributed by atoms with van der Waals surface area (Å²) in [7, 11) is 0. The van der Waals surface area contributed by atoms with Crippen LogP contribution < -0.4 is 0 Å². The van der Waals surface area contributed by atoms with Crippen molar-refractivity contribution >= 4 is 5.69 Å². The summed E-state index contributed by atoms with van der Waals surface area (Å²) in [4.78, 5) is 9.87. The molecular formula is C8H8NO2. The minimum Gasteiger partial charge on any atom is -0.258 e. The predicted molar refractivity (Wildman–Crippen MR) is 42.3 cm³/mol. The van der Waals surface area contributed by atoms with Gasteiger partial charge in [-0.1, -0.05) is 6.07 Å². The number of rotatable bonds is 1. The zero-order valence-electron chi connectivity index (χ0n) is 6.20. The molecule has 1 aromatic carbocycles. The van der Waals surface area contributed by atoms with Crippen LogP contribution in [0.5, 0.6) is 0 Å². The molecule has 0 atom stereocenters. The van der Waals surface area contributed by atoms with Gasteiger partial charge in [-0.25, -0.2) is 0 Å². The standard InChI is InChI=1S/C8H8NO2/c1-6-3-7(2)5-8(4-6)9(10)11/h3-5H,1H2,2H3. The average Bonchev–Trinajstić information content (AvgIpc) is 1.85. The molecule has 0 amide bonds. The smallest absolute Gasteiger partial charge is 0.258 e. The van der Waals surface area contributed by atoms with Gasteiger partial charge in [0.2, 0.25) is 0 Å². The highest BCUT2D eigenvalue weighted by Gasteiger charge is 2.04. The van der Waals surface area contributed by atoms with Crippen molar-refractivity contribution in [3.63, 3.8) is 0 Å². The van der Waals surface area contributed by atoms with Crippen LogP contribution in [0, 0.1) is 24.0 Å². The van der Waals surface area contributed by atoms with Gasteiger partial charge in [-0.2, -0.15) is 0 Å². The zero-order chi connectivity index (χ0) is 8.43. The zero-order valence-corrected chi connectivity index (χ0v) is 6.20. The lowest BCUT2D eigenvalue weighted by Gasteiger charge is -1.95. The third kappa shape index (κ3) is 1.77. The molecule has 0 unspecified atom stereocenters. The Morgan fingerprint density at radius 3 is 2.55 bits per heavy atom. The van der Waals surface area contributed by atoms with E-state index in [1.807, 2.05) is 6.92 Å². The molecule has 0 saturated heterocycles. The van der Waals surface area contributed by atoms with Gasteiger partial charge in [0.15, 0.2) is 0 Å². The van der Waals surface area contributed by atoms with E-state index in [1.54, 1.807) is 6.07 Å². The summed E-state index contributed by atoms with van der Waals surface area (Å²) in [5.41, 5.74) is 1.65. The van der Waals surface area contributed by atoms with E-state index in [0.29, 0.717) is 5.56 Å². The molecule has 0 aliphatic heterocycles. The molecule has 0 aromatic heterocycles.